The van der Waals surface area contributed by atoms with Gasteiger partial charge in [-0.25, -0.2) is 4.68 Å². The molecule has 1 fully saturated rings. The molecule has 1 aromatic heterocycles. The van der Waals surface area contributed by atoms with Crippen LogP contribution in [-0.4, -0.2) is 58.7 Å². The third-order valence-corrected chi connectivity index (χ3v) is 6.30. The molecule has 1 aliphatic heterocycles. The third-order valence-electron chi connectivity index (χ3n) is 6.30. The van der Waals surface area contributed by atoms with Crippen LogP contribution in [0, 0.1) is 13.8 Å². The Morgan fingerprint density at radius 1 is 0.939 bits per heavy atom. The van der Waals surface area contributed by atoms with Crippen molar-refractivity contribution in [3.63, 3.8) is 0 Å². The molecule has 0 aliphatic carbocycles. The zero-order chi connectivity index (χ0) is 23.5. The second kappa shape index (κ2) is 9.46. The number of aromatic nitrogens is 2. The SMILES string of the molecule is Cc1nn(-c2ccccc2)c(C)c1NC(=O)C(C)N1CCN(c2ccc(C(N)=O)cc2)CC1. The van der Waals surface area contributed by atoms with Gasteiger partial charge in [-0.2, -0.15) is 5.10 Å². The van der Waals surface area contributed by atoms with Gasteiger partial charge >= 0.3 is 0 Å². The first-order valence-corrected chi connectivity index (χ1v) is 11.2. The molecule has 0 spiro atoms. The average molecular weight is 447 g/mol. The topological polar surface area (TPSA) is 96.5 Å². The molecular formula is C25H30N6O2. The number of piperazine rings is 1. The predicted molar refractivity (Wildman–Crippen MR) is 130 cm³/mol. The van der Waals surface area contributed by atoms with E-state index in [2.05, 4.69) is 20.2 Å². The first kappa shape index (κ1) is 22.5. The van der Waals surface area contributed by atoms with Gasteiger partial charge in [0.05, 0.1) is 28.8 Å². The number of nitrogens with zero attached hydrogens (tertiary/aromatic N) is 4. The lowest BCUT2D eigenvalue weighted by Crippen LogP contribution is -2.52. The van der Waals surface area contributed by atoms with Crippen LogP contribution in [0.15, 0.2) is 54.6 Å². The number of rotatable bonds is 6. The van der Waals surface area contributed by atoms with Crippen LogP contribution in [0.1, 0.15) is 28.7 Å². The molecule has 2 aromatic carbocycles. The largest absolute Gasteiger partial charge is 0.369 e. The molecule has 0 saturated carbocycles. The van der Waals surface area contributed by atoms with Crippen molar-refractivity contribution in [3.8, 4) is 5.69 Å². The molecule has 33 heavy (non-hydrogen) atoms. The number of carbonyl (C=O) groups is 2. The monoisotopic (exact) mass is 446 g/mol. The van der Waals surface area contributed by atoms with Crippen LogP contribution in [0.4, 0.5) is 11.4 Å². The summed E-state index contributed by atoms with van der Waals surface area (Å²) in [5, 5.41) is 7.72. The van der Waals surface area contributed by atoms with Crippen LogP contribution >= 0.6 is 0 Å². The summed E-state index contributed by atoms with van der Waals surface area (Å²) in [5.41, 5.74) is 10.3. The minimum absolute atomic E-state index is 0.0342. The summed E-state index contributed by atoms with van der Waals surface area (Å²) < 4.78 is 1.86. The molecule has 3 N–H and O–H groups in total. The zero-order valence-corrected chi connectivity index (χ0v) is 19.3. The Hall–Kier alpha value is -3.65. The number of primary amides is 1. The fourth-order valence-electron chi connectivity index (χ4n) is 4.24. The Morgan fingerprint density at radius 3 is 2.18 bits per heavy atom. The Balaban J connectivity index is 1.38. The Bertz CT molecular complexity index is 1130. The quantitative estimate of drug-likeness (QED) is 0.607. The van der Waals surface area contributed by atoms with Gasteiger partial charge in [0.2, 0.25) is 11.8 Å². The summed E-state index contributed by atoms with van der Waals surface area (Å²) in [7, 11) is 0. The van der Waals surface area contributed by atoms with Crippen LogP contribution in [0.2, 0.25) is 0 Å². The van der Waals surface area contributed by atoms with Gasteiger partial charge in [0.25, 0.3) is 0 Å². The number of carbonyl (C=O) groups excluding carboxylic acids is 2. The normalized spacial score (nSPS) is 15.3. The van der Waals surface area contributed by atoms with Crippen LogP contribution in [0.3, 0.4) is 0 Å². The standard InChI is InChI=1S/C25H30N6O2/c1-17-23(18(2)31(28-17)22-7-5-4-6-8-22)27-25(33)19(3)29-13-15-30(16-14-29)21-11-9-20(10-12-21)24(26)32/h4-12,19H,13-16H2,1-3H3,(H2,26,32)(H,27,33). The number of hydrogen-bond donors (Lipinski definition) is 2. The Kier molecular flexibility index (Phi) is 6.46. The van der Waals surface area contributed by atoms with E-state index in [1.807, 2.05) is 67.9 Å². The van der Waals surface area contributed by atoms with E-state index >= 15 is 0 Å². The van der Waals surface area contributed by atoms with E-state index in [0.717, 1.165) is 54.6 Å². The van der Waals surface area contributed by atoms with E-state index in [1.54, 1.807) is 12.1 Å². The molecule has 1 atom stereocenters. The van der Waals surface area contributed by atoms with Crippen molar-refractivity contribution in [2.24, 2.45) is 5.73 Å². The number of benzene rings is 2. The molecule has 4 rings (SSSR count). The van der Waals surface area contributed by atoms with Crippen molar-refractivity contribution < 1.29 is 9.59 Å². The number of nitrogens with two attached hydrogens (primary N) is 1. The van der Waals surface area contributed by atoms with Gasteiger partial charge in [-0.15, -0.1) is 0 Å². The maximum absolute atomic E-state index is 13.1. The molecule has 3 aromatic rings. The fraction of sp³-hybridized carbons (Fsp3) is 0.320. The van der Waals surface area contributed by atoms with Gasteiger partial charge in [0, 0.05) is 37.4 Å². The number of hydrogen-bond acceptors (Lipinski definition) is 5. The molecule has 1 unspecified atom stereocenters. The van der Waals surface area contributed by atoms with Gasteiger partial charge in [0.15, 0.2) is 0 Å². The van der Waals surface area contributed by atoms with Crippen LogP contribution in [0.5, 0.6) is 0 Å². The molecule has 8 nitrogen and oxygen atoms in total. The minimum atomic E-state index is -0.425. The van der Waals surface area contributed by atoms with Crippen LogP contribution < -0.4 is 16.0 Å². The predicted octanol–water partition coefficient (Wildman–Crippen LogP) is 2.74. The van der Waals surface area contributed by atoms with Crippen molar-refractivity contribution in [3.05, 3.63) is 71.5 Å². The maximum Gasteiger partial charge on any atom is 0.248 e. The van der Waals surface area contributed by atoms with Gasteiger partial charge in [0.1, 0.15) is 0 Å². The highest BCUT2D eigenvalue weighted by Gasteiger charge is 2.27. The lowest BCUT2D eigenvalue weighted by molar-refractivity contribution is -0.120. The summed E-state index contributed by atoms with van der Waals surface area (Å²) >= 11 is 0. The van der Waals surface area contributed by atoms with Crippen molar-refractivity contribution >= 4 is 23.2 Å². The van der Waals surface area contributed by atoms with E-state index in [0.29, 0.717) is 5.56 Å². The van der Waals surface area contributed by atoms with E-state index in [-0.39, 0.29) is 11.9 Å². The van der Waals surface area contributed by atoms with Crippen molar-refractivity contribution in [2.45, 2.75) is 26.8 Å². The highest BCUT2D eigenvalue weighted by Crippen LogP contribution is 2.24. The molecule has 1 aliphatic rings. The highest BCUT2D eigenvalue weighted by atomic mass is 16.2. The van der Waals surface area contributed by atoms with Gasteiger partial charge in [-0.3, -0.25) is 14.5 Å². The Labute approximate surface area is 194 Å². The van der Waals surface area contributed by atoms with Crippen LogP contribution in [0.25, 0.3) is 5.69 Å². The average Bonchev–Trinajstić information content (AvgIpc) is 3.12. The van der Waals surface area contributed by atoms with Gasteiger partial charge in [-0.05, 0) is 57.2 Å². The zero-order valence-electron chi connectivity index (χ0n) is 19.3. The number of nitrogens with one attached hydrogen (secondary N) is 1. The summed E-state index contributed by atoms with van der Waals surface area (Å²) in [5.74, 6) is -0.459. The fourth-order valence-corrected chi connectivity index (χ4v) is 4.24. The molecule has 1 saturated heterocycles. The number of amides is 2. The molecule has 172 valence electrons. The molecule has 0 radical (unpaired) electrons. The van der Waals surface area contributed by atoms with Crippen LogP contribution in [-0.2, 0) is 4.79 Å². The number of aryl methyl sites for hydroxylation is 1. The van der Waals surface area contributed by atoms with Crippen molar-refractivity contribution in [2.75, 3.05) is 36.4 Å². The first-order valence-electron chi connectivity index (χ1n) is 11.2. The van der Waals surface area contributed by atoms with E-state index in [4.69, 9.17) is 5.73 Å². The second-order valence-corrected chi connectivity index (χ2v) is 8.39. The first-order chi connectivity index (χ1) is 15.8. The number of para-hydroxylation sites is 1. The number of anilines is 2. The molecule has 8 heteroatoms. The smallest absolute Gasteiger partial charge is 0.248 e. The van der Waals surface area contributed by atoms with Gasteiger partial charge in [-0.1, -0.05) is 18.2 Å². The second-order valence-electron chi connectivity index (χ2n) is 8.39. The summed E-state index contributed by atoms with van der Waals surface area (Å²) in [6.07, 6.45) is 0. The summed E-state index contributed by atoms with van der Waals surface area (Å²) in [6.45, 7) is 8.97. The van der Waals surface area contributed by atoms with E-state index in [1.165, 1.54) is 0 Å². The minimum Gasteiger partial charge on any atom is -0.369 e. The molecule has 2 heterocycles. The van der Waals surface area contributed by atoms with E-state index < -0.39 is 5.91 Å². The molecule has 2 amide bonds. The third kappa shape index (κ3) is 4.75. The van der Waals surface area contributed by atoms with E-state index in [9.17, 15) is 9.59 Å². The summed E-state index contributed by atoms with van der Waals surface area (Å²) in [6, 6.07) is 17.0. The lowest BCUT2D eigenvalue weighted by atomic mass is 10.1. The highest BCUT2D eigenvalue weighted by molar-refractivity contribution is 5.95. The summed E-state index contributed by atoms with van der Waals surface area (Å²) in [4.78, 5) is 28.8. The maximum atomic E-state index is 13.1. The van der Waals surface area contributed by atoms with Crippen molar-refractivity contribution in [1.29, 1.82) is 0 Å². The van der Waals surface area contributed by atoms with Gasteiger partial charge < -0.3 is 16.0 Å². The Morgan fingerprint density at radius 2 is 1.58 bits per heavy atom. The lowest BCUT2D eigenvalue weighted by Gasteiger charge is -2.38. The molecular weight excluding hydrogens is 416 g/mol. The molecule has 0 bridgehead atoms. The van der Waals surface area contributed by atoms with Crippen molar-refractivity contribution in [1.82, 2.24) is 14.7 Å².